The first-order valence-electron chi connectivity index (χ1n) is 7.45. The Morgan fingerprint density at radius 3 is 2.04 bits per heavy atom. The number of rotatable bonds is 8. The highest BCUT2D eigenvalue weighted by Gasteiger charge is 2.11. The quantitative estimate of drug-likeness (QED) is 0.786. The number of halogens is 1. The fourth-order valence-corrected chi connectivity index (χ4v) is 2.68. The van der Waals surface area contributed by atoms with Crippen LogP contribution in [0.1, 0.15) is 11.1 Å². The van der Waals surface area contributed by atoms with Crippen molar-refractivity contribution < 1.29 is 18.9 Å². The summed E-state index contributed by atoms with van der Waals surface area (Å²) in [6, 6.07) is 9.42. The normalized spacial score (nSPS) is 10.4. The van der Waals surface area contributed by atoms with Crippen LogP contribution in [-0.2, 0) is 13.1 Å². The molecule has 0 aromatic heterocycles. The van der Waals surface area contributed by atoms with E-state index >= 15 is 0 Å². The molecular formula is C18H22ClNO4. The van der Waals surface area contributed by atoms with Gasteiger partial charge in [0.15, 0.2) is 23.0 Å². The summed E-state index contributed by atoms with van der Waals surface area (Å²) in [4.78, 5) is 0. The molecule has 0 bridgehead atoms. The highest BCUT2D eigenvalue weighted by atomic mass is 35.5. The van der Waals surface area contributed by atoms with E-state index in [4.69, 9.17) is 30.5 Å². The summed E-state index contributed by atoms with van der Waals surface area (Å²) in [5.41, 5.74) is 1.93. The molecule has 0 heterocycles. The number of ether oxygens (including phenoxy) is 4. The molecule has 0 aliphatic rings. The molecule has 130 valence electrons. The number of nitrogens with one attached hydrogen (secondary N) is 1. The lowest BCUT2D eigenvalue weighted by atomic mass is 10.1. The lowest BCUT2D eigenvalue weighted by molar-refractivity contribution is 0.350. The van der Waals surface area contributed by atoms with Crippen molar-refractivity contribution in [1.82, 2.24) is 5.32 Å². The van der Waals surface area contributed by atoms with E-state index in [-0.39, 0.29) is 0 Å². The second-order valence-electron chi connectivity index (χ2n) is 5.05. The Bertz CT molecular complexity index is 691. The van der Waals surface area contributed by atoms with E-state index in [2.05, 4.69) is 5.32 Å². The maximum absolute atomic E-state index is 6.30. The van der Waals surface area contributed by atoms with Crippen molar-refractivity contribution in [3.8, 4) is 23.0 Å². The number of benzene rings is 2. The molecule has 0 aliphatic carbocycles. The van der Waals surface area contributed by atoms with Crippen molar-refractivity contribution in [1.29, 1.82) is 0 Å². The molecule has 0 aliphatic heterocycles. The lowest BCUT2D eigenvalue weighted by Gasteiger charge is -2.14. The summed E-state index contributed by atoms with van der Waals surface area (Å²) in [7, 11) is 6.44. The van der Waals surface area contributed by atoms with Gasteiger partial charge < -0.3 is 24.3 Å². The Morgan fingerprint density at radius 2 is 1.42 bits per heavy atom. The second-order valence-corrected chi connectivity index (χ2v) is 5.46. The van der Waals surface area contributed by atoms with Gasteiger partial charge in [0.25, 0.3) is 0 Å². The van der Waals surface area contributed by atoms with Gasteiger partial charge in [0.05, 0.1) is 28.4 Å². The zero-order valence-corrected chi connectivity index (χ0v) is 15.1. The minimum absolute atomic E-state index is 0.583. The monoisotopic (exact) mass is 351 g/mol. The number of hydrogen-bond acceptors (Lipinski definition) is 5. The summed E-state index contributed by atoms with van der Waals surface area (Å²) >= 11 is 6.30. The zero-order chi connectivity index (χ0) is 17.5. The van der Waals surface area contributed by atoms with Crippen LogP contribution >= 0.6 is 11.6 Å². The summed E-state index contributed by atoms with van der Waals surface area (Å²) in [5.74, 6) is 2.70. The largest absolute Gasteiger partial charge is 0.493 e. The molecule has 0 saturated heterocycles. The second kappa shape index (κ2) is 8.66. The molecule has 0 spiro atoms. The smallest absolute Gasteiger partial charge is 0.165 e. The maximum atomic E-state index is 6.30. The molecule has 6 heteroatoms. The van der Waals surface area contributed by atoms with E-state index in [1.807, 2.05) is 24.3 Å². The van der Waals surface area contributed by atoms with Crippen LogP contribution in [-0.4, -0.2) is 28.4 Å². The molecular weight excluding hydrogens is 330 g/mol. The molecule has 0 unspecified atom stereocenters. The van der Waals surface area contributed by atoms with Crippen LogP contribution in [0, 0.1) is 0 Å². The van der Waals surface area contributed by atoms with Gasteiger partial charge in [0.1, 0.15) is 0 Å². The van der Waals surface area contributed by atoms with E-state index in [0.29, 0.717) is 35.4 Å². The third-order valence-corrected chi connectivity index (χ3v) is 4.02. The Balaban J connectivity index is 2.10. The number of methoxy groups -OCH3 is 4. The van der Waals surface area contributed by atoms with Gasteiger partial charge in [-0.1, -0.05) is 23.7 Å². The first-order chi connectivity index (χ1) is 11.6. The molecule has 24 heavy (non-hydrogen) atoms. The van der Waals surface area contributed by atoms with Crippen LogP contribution in [0.2, 0.25) is 5.02 Å². The van der Waals surface area contributed by atoms with Crippen LogP contribution in [0.4, 0.5) is 0 Å². The molecule has 0 amide bonds. The van der Waals surface area contributed by atoms with Gasteiger partial charge in [-0.15, -0.1) is 0 Å². The maximum Gasteiger partial charge on any atom is 0.165 e. The van der Waals surface area contributed by atoms with Gasteiger partial charge in [-0.2, -0.15) is 0 Å². The van der Waals surface area contributed by atoms with Crippen molar-refractivity contribution in [3.05, 3.63) is 46.5 Å². The van der Waals surface area contributed by atoms with Crippen molar-refractivity contribution in [2.75, 3.05) is 28.4 Å². The highest BCUT2D eigenvalue weighted by molar-refractivity contribution is 6.31. The predicted molar refractivity (Wildman–Crippen MR) is 94.6 cm³/mol. The van der Waals surface area contributed by atoms with Gasteiger partial charge in [-0.25, -0.2) is 0 Å². The zero-order valence-electron chi connectivity index (χ0n) is 14.3. The Labute approximate surface area is 147 Å². The molecule has 0 saturated carbocycles. The Morgan fingerprint density at radius 1 is 0.792 bits per heavy atom. The van der Waals surface area contributed by atoms with Crippen molar-refractivity contribution in [2.24, 2.45) is 0 Å². The van der Waals surface area contributed by atoms with Crippen LogP contribution < -0.4 is 24.3 Å². The Hall–Kier alpha value is -2.11. The summed E-state index contributed by atoms with van der Waals surface area (Å²) in [6.45, 7) is 1.20. The van der Waals surface area contributed by atoms with E-state index in [1.54, 1.807) is 34.5 Å². The molecule has 5 nitrogen and oxygen atoms in total. The first-order valence-corrected chi connectivity index (χ1v) is 7.83. The molecule has 2 aromatic carbocycles. The fraction of sp³-hybridized carbons (Fsp3) is 0.333. The summed E-state index contributed by atoms with van der Waals surface area (Å²) in [6.07, 6.45) is 0. The third-order valence-electron chi connectivity index (χ3n) is 3.67. The molecule has 0 fully saturated rings. The molecule has 2 aromatic rings. The van der Waals surface area contributed by atoms with Gasteiger partial charge in [-0.05, 0) is 17.7 Å². The molecule has 0 atom stereocenters. The third kappa shape index (κ3) is 4.04. The number of para-hydroxylation sites is 1. The highest BCUT2D eigenvalue weighted by Crippen LogP contribution is 2.33. The lowest BCUT2D eigenvalue weighted by Crippen LogP contribution is -2.14. The molecule has 1 N–H and O–H groups in total. The summed E-state index contributed by atoms with van der Waals surface area (Å²) < 4.78 is 21.3. The topological polar surface area (TPSA) is 49.0 Å². The first kappa shape index (κ1) is 18.2. The van der Waals surface area contributed by atoms with E-state index < -0.39 is 0 Å². The Kier molecular flexibility index (Phi) is 6.58. The number of hydrogen-bond donors (Lipinski definition) is 1. The van der Waals surface area contributed by atoms with E-state index in [9.17, 15) is 0 Å². The minimum atomic E-state index is 0.583. The van der Waals surface area contributed by atoms with E-state index in [1.165, 1.54) is 0 Å². The van der Waals surface area contributed by atoms with E-state index in [0.717, 1.165) is 16.9 Å². The minimum Gasteiger partial charge on any atom is -0.493 e. The SMILES string of the molecule is COc1cc(Cl)c(CNCc2cccc(OC)c2OC)cc1OC. The fourth-order valence-electron chi connectivity index (χ4n) is 2.46. The van der Waals surface area contributed by atoms with Crippen molar-refractivity contribution >= 4 is 11.6 Å². The van der Waals surface area contributed by atoms with Crippen molar-refractivity contribution in [3.63, 3.8) is 0 Å². The molecule has 0 radical (unpaired) electrons. The summed E-state index contributed by atoms with van der Waals surface area (Å²) in [5, 5.41) is 3.98. The van der Waals surface area contributed by atoms with Gasteiger partial charge in [0, 0.05) is 29.7 Å². The molecule has 2 rings (SSSR count). The van der Waals surface area contributed by atoms with Gasteiger partial charge >= 0.3 is 0 Å². The average Bonchev–Trinajstić information content (AvgIpc) is 2.62. The van der Waals surface area contributed by atoms with Crippen LogP contribution in [0.25, 0.3) is 0 Å². The van der Waals surface area contributed by atoms with Gasteiger partial charge in [0.2, 0.25) is 0 Å². The standard InChI is InChI=1S/C18H22ClNO4/c1-21-15-7-5-6-12(18(15)24-4)10-20-11-13-8-16(22-2)17(23-3)9-14(13)19/h5-9,20H,10-11H2,1-4H3. The average molecular weight is 352 g/mol. The van der Waals surface area contributed by atoms with Crippen molar-refractivity contribution in [2.45, 2.75) is 13.1 Å². The van der Waals surface area contributed by atoms with Crippen LogP contribution in [0.5, 0.6) is 23.0 Å². The van der Waals surface area contributed by atoms with Crippen LogP contribution in [0.15, 0.2) is 30.3 Å². The predicted octanol–water partition coefficient (Wildman–Crippen LogP) is 3.66. The van der Waals surface area contributed by atoms with Crippen LogP contribution in [0.3, 0.4) is 0 Å². The van der Waals surface area contributed by atoms with Gasteiger partial charge in [-0.3, -0.25) is 0 Å².